The summed E-state index contributed by atoms with van der Waals surface area (Å²) >= 11 is 1.43. The van der Waals surface area contributed by atoms with Crippen LogP contribution in [0.2, 0.25) is 0 Å². The first-order chi connectivity index (χ1) is 13.9. The summed E-state index contributed by atoms with van der Waals surface area (Å²) in [5.41, 5.74) is 2.44. The third-order valence-electron chi connectivity index (χ3n) is 4.61. The van der Waals surface area contributed by atoms with Crippen LogP contribution >= 0.6 is 11.8 Å². The molecule has 4 aromatic rings. The summed E-state index contributed by atoms with van der Waals surface area (Å²) < 4.78 is 7.11. The van der Waals surface area contributed by atoms with Crippen LogP contribution in [-0.2, 0) is 0 Å². The topological polar surface area (TPSA) is 73.8 Å². The number of rotatable bonds is 5. The summed E-state index contributed by atoms with van der Waals surface area (Å²) in [7, 11) is 0. The molecule has 0 bridgehead atoms. The summed E-state index contributed by atoms with van der Waals surface area (Å²) in [6.45, 7) is 8.02. The van der Waals surface area contributed by atoms with Gasteiger partial charge in [0, 0.05) is 5.92 Å². The van der Waals surface area contributed by atoms with E-state index in [1.54, 1.807) is 4.57 Å². The van der Waals surface area contributed by atoms with Gasteiger partial charge in [0.2, 0.25) is 5.89 Å². The maximum Gasteiger partial charge on any atom is 0.266 e. The van der Waals surface area contributed by atoms with Gasteiger partial charge in [0.15, 0.2) is 11.0 Å². The Labute approximate surface area is 173 Å². The Balaban J connectivity index is 1.83. The highest BCUT2D eigenvalue weighted by molar-refractivity contribution is 7.99. The number of hydrogen-bond acceptors (Lipinski definition) is 6. The zero-order valence-corrected chi connectivity index (χ0v) is 17.6. The van der Waals surface area contributed by atoms with Crippen molar-refractivity contribution in [2.75, 3.05) is 0 Å². The van der Waals surface area contributed by atoms with Gasteiger partial charge in [-0.2, -0.15) is 4.98 Å². The normalized spacial score (nSPS) is 12.6. The Morgan fingerprint density at radius 3 is 2.55 bits per heavy atom. The Hall–Kier alpha value is -2.93. The quantitative estimate of drug-likeness (QED) is 0.341. The van der Waals surface area contributed by atoms with Crippen LogP contribution < -0.4 is 5.56 Å². The lowest BCUT2D eigenvalue weighted by Crippen LogP contribution is -2.22. The van der Waals surface area contributed by atoms with Gasteiger partial charge in [-0.25, -0.2) is 4.98 Å². The van der Waals surface area contributed by atoms with Gasteiger partial charge >= 0.3 is 0 Å². The summed E-state index contributed by atoms with van der Waals surface area (Å²) in [6.07, 6.45) is 0. The molecule has 6 nitrogen and oxygen atoms in total. The largest absolute Gasteiger partial charge is 0.338 e. The lowest BCUT2D eigenvalue weighted by molar-refractivity contribution is 0.373. The van der Waals surface area contributed by atoms with Crippen molar-refractivity contribution in [2.24, 2.45) is 0 Å². The molecule has 2 aromatic heterocycles. The molecule has 0 aliphatic heterocycles. The number of aryl methyl sites for hydroxylation is 1. The molecular weight excluding hydrogens is 384 g/mol. The molecule has 0 N–H and O–H groups in total. The molecule has 148 valence electrons. The first-order valence-electron chi connectivity index (χ1n) is 9.53. The maximum absolute atomic E-state index is 13.3. The number of para-hydroxylation sites is 1. The predicted molar refractivity (Wildman–Crippen MR) is 115 cm³/mol. The minimum absolute atomic E-state index is 0.0932. The van der Waals surface area contributed by atoms with E-state index < -0.39 is 0 Å². The molecular formula is C22H22N4O2S. The van der Waals surface area contributed by atoms with Crippen molar-refractivity contribution in [3.05, 3.63) is 76.2 Å². The molecule has 0 unspecified atom stereocenters. The fourth-order valence-corrected chi connectivity index (χ4v) is 4.00. The molecule has 1 atom stereocenters. The van der Waals surface area contributed by atoms with E-state index in [4.69, 9.17) is 9.51 Å². The average molecular weight is 407 g/mol. The molecule has 0 amide bonds. The highest BCUT2D eigenvalue weighted by Crippen LogP contribution is 2.34. The number of thioether (sulfide) groups is 1. The minimum Gasteiger partial charge on any atom is -0.338 e. The van der Waals surface area contributed by atoms with Gasteiger partial charge in [-0.05, 0) is 43.7 Å². The smallest absolute Gasteiger partial charge is 0.266 e. The van der Waals surface area contributed by atoms with Gasteiger partial charge in [-0.3, -0.25) is 9.36 Å². The Kier molecular flexibility index (Phi) is 5.24. The molecule has 0 fully saturated rings. The van der Waals surface area contributed by atoms with Gasteiger partial charge in [0.25, 0.3) is 5.56 Å². The third kappa shape index (κ3) is 3.82. The van der Waals surface area contributed by atoms with E-state index in [1.165, 1.54) is 11.8 Å². The average Bonchev–Trinajstić information content (AvgIpc) is 3.19. The maximum atomic E-state index is 13.3. The van der Waals surface area contributed by atoms with Crippen LogP contribution in [0.4, 0.5) is 0 Å². The Bertz CT molecular complexity index is 1230. The molecule has 0 aliphatic rings. The third-order valence-corrected chi connectivity index (χ3v) is 5.65. The SMILES string of the molecule is Cc1cccc(-n2c(S[C@@H](C)c3nc(C(C)C)no3)nc3ccccc3c2=O)c1. The van der Waals surface area contributed by atoms with Crippen LogP contribution in [0.3, 0.4) is 0 Å². The van der Waals surface area contributed by atoms with E-state index in [2.05, 4.69) is 10.1 Å². The van der Waals surface area contributed by atoms with E-state index in [0.717, 1.165) is 11.3 Å². The van der Waals surface area contributed by atoms with Crippen LogP contribution in [0.15, 0.2) is 63.0 Å². The van der Waals surface area contributed by atoms with Crippen molar-refractivity contribution in [3.63, 3.8) is 0 Å². The number of nitrogens with zero attached hydrogens (tertiary/aromatic N) is 4. The van der Waals surface area contributed by atoms with Crippen molar-refractivity contribution in [3.8, 4) is 5.69 Å². The van der Waals surface area contributed by atoms with Crippen molar-refractivity contribution < 1.29 is 4.52 Å². The second-order valence-electron chi connectivity index (χ2n) is 7.30. The van der Waals surface area contributed by atoms with Crippen molar-refractivity contribution in [2.45, 2.75) is 44.0 Å². The Morgan fingerprint density at radius 2 is 1.83 bits per heavy atom. The lowest BCUT2D eigenvalue weighted by Gasteiger charge is -2.15. The second kappa shape index (κ2) is 7.83. The fourth-order valence-electron chi connectivity index (χ4n) is 3.04. The summed E-state index contributed by atoms with van der Waals surface area (Å²) in [6, 6.07) is 15.3. The lowest BCUT2D eigenvalue weighted by atomic mass is 10.2. The number of aromatic nitrogens is 4. The second-order valence-corrected chi connectivity index (χ2v) is 8.60. The monoisotopic (exact) mass is 406 g/mol. The van der Waals surface area contributed by atoms with Crippen molar-refractivity contribution in [1.29, 1.82) is 0 Å². The van der Waals surface area contributed by atoms with Gasteiger partial charge in [0.05, 0.1) is 21.8 Å². The summed E-state index contributed by atoms with van der Waals surface area (Å²) in [4.78, 5) is 22.6. The molecule has 0 radical (unpaired) electrons. The molecule has 0 aliphatic carbocycles. The van der Waals surface area contributed by atoms with Crippen LogP contribution in [0.25, 0.3) is 16.6 Å². The van der Waals surface area contributed by atoms with E-state index in [1.807, 2.05) is 76.2 Å². The number of benzene rings is 2. The molecule has 2 heterocycles. The molecule has 0 spiro atoms. The highest BCUT2D eigenvalue weighted by atomic mass is 32.2. The molecule has 29 heavy (non-hydrogen) atoms. The molecule has 0 saturated carbocycles. The summed E-state index contributed by atoms with van der Waals surface area (Å²) in [5.74, 6) is 1.39. The van der Waals surface area contributed by atoms with Gasteiger partial charge < -0.3 is 4.52 Å². The van der Waals surface area contributed by atoms with Crippen LogP contribution in [-0.4, -0.2) is 19.7 Å². The van der Waals surface area contributed by atoms with Gasteiger partial charge in [-0.1, -0.05) is 55.0 Å². The van der Waals surface area contributed by atoms with E-state index in [0.29, 0.717) is 27.8 Å². The molecule has 7 heteroatoms. The fraction of sp³-hybridized carbons (Fsp3) is 0.273. The highest BCUT2D eigenvalue weighted by Gasteiger charge is 2.21. The van der Waals surface area contributed by atoms with E-state index in [9.17, 15) is 4.79 Å². The first kappa shape index (κ1) is 19.4. The predicted octanol–water partition coefficient (Wildman–Crippen LogP) is 5.05. The molecule has 0 saturated heterocycles. The minimum atomic E-state index is -0.154. The zero-order valence-electron chi connectivity index (χ0n) is 16.8. The van der Waals surface area contributed by atoms with Crippen LogP contribution in [0, 0.1) is 6.92 Å². The van der Waals surface area contributed by atoms with Gasteiger partial charge in [0.1, 0.15) is 0 Å². The van der Waals surface area contributed by atoms with Crippen LogP contribution in [0.1, 0.15) is 49.2 Å². The van der Waals surface area contributed by atoms with Gasteiger partial charge in [-0.15, -0.1) is 0 Å². The first-order valence-corrected chi connectivity index (χ1v) is 10.4. The summed E-state index contributed by atoms with van der Waals surface area (Å²) in [5, 5.41) is 5.08. The van der Waals surface area contributed by atoms with Crippen LogP contribution in [0.5, 0.6) is 0 Å². The van der Waals surface area contributed by atoms with Crippen molar-refractivity contribution in [1.82, 2.24) is 19.7 Å². The Morgan fingerprint density at radius 1 is 1.03 bits per heavy atom. The molecule has 2 aromatic carbocycles. The van der Waals surface area contributed by atoms with Crippen molar-refractivity contribution >= 4 is 22.7 Å². The zero-order chi connectivity index (χ0) is 20.5. The number of hydrogen-bond donors (Lipinski definition) is 0. The number of fused-ring (bicyclic) bond motifs is 1. The molecule has 4 rings (SSSR count). The van der Waals surface area contributed by atoms with E-state index in [-0.39, 0.29) is 16.7 Å². The van der Waals surface area contributed by atoms with E-state index >= 15 is 0 Å². The standard InChI is InChI=1S/C22H22N4O2S/c1-13(2)19-24-20(28-25-19)15(4)29-22-23-18-11-6-5-10-17(18)21(27)26(22)16-9-7-8-14(3)12-16/h5-13,15H,1-4H3/t15-/m0/s1.